The molecule has 0 aliphatic carbocycles. The number of nitrogens with one attached hydrogen (secondary N) is 1. The van der Waals surface area contributed by atoms with Crippen LogP contribution in [0.4, 0.5) is 0 Å². The van der Waals surface area contributed by atoms with Crippen molar-refractivity contribution < 1.29 is 14.0 Å². The highest BCUT2D eigenvalue weighted by Crippen LogP contribution is 2.43. The highest BCUT2D eigenvalue weighted by Gasteiger charge is 2.49. The van der Waals surface area contributed by atoms with Gasteiger partial charge in [-0.3, -0.25) is 14.6 Å². The number of pyridine rings is 1. The van der Waals surface area contributed by atoms with Gasteiger partial charge in [0.25, 0.3) is 5.91 Å². The van der Waals surface area contributed by atoms with E-state index < -0.39 is 0 Å². The zero-order valence-corrected chi connectivity index (χ0v) is 15.1. The molecule has 1 spiro atoms. The zero-order valence-electron chi connectivity index (χ0n) is 15.1. The second kappa shape index (κ2) is 6.27. The Morgan fingerprint density at radius 2 is 2.12 bits per heavy atom. The molecular formula is C20H23N3O3. The highest BCUT2D eigenvalue weighted by atomic mass is 16.3. The van der Waals surface area contributed by atoms with Crippen LogP contribution in [0.25, 0.3) is 0 Å². The van der Waals surface area contributed by atoms with Gasteiger partial charge in [-0.2, -0.15) is 0 Å². The van der Waals surface area contributed by atoms with E-state index in [2.05, 4.69) is 10.3 Å². The van der Waals surface area contributed by atoms with Gasteiger partial charge in [-0.25, -0.2) is 0 Å². The normalized spacial score (nSPS) is 21.8. The van der Waals surface area contributed by atoms with Crippen LogP contribution < -0.4 is 5.32 Å². The summed E-state index contributed by atoms with van der Waals surface area (Å²) in [5.74, 6) is 1.62. The third-order valence-corrected chi connectivity index (χ3v) is 5.75. The average Bonchev–Trinajstić information content (AvgIpc) is 3.14. The van der Waals surface area contributed by atoms with Gasteiger partial charge in [-0.15, -0.1) is 0 Å². The largest absolute Gasteiger partial charge is 0.466 e. The Morgan fingerprint density at radius 1 is 1.35 bits per heavy atom. The quantitative estimate of drug-likeness (QED) is 0.900. The molecule has 0 unspecified atom stereocenters. The Morgan fingerprint density at radius 3 is 2.73 bits per heavy atom. The summed E-state index contributed by atoms with van der Waals surface area (Å²) in [6.45, 7) is 4.92. The van der Waals surface area contributed by atoms with E-state index in [1.165, 1.54) is 0 Å². The number of hydrogen-bond donors (Lipinski definition) is 1. The molecule has 4 heterocycles. The molecule has 1 N–H and O–H groups in total. The van der Waals surface area contributed by atoms with Gasteiger partial charge in [0.2, 0.25) is 5.91 Å². The second-order valence-electron chi connectivity index (χ2n) is 7.37. The first-order chi connectivity index (χ1) is 12.5. The first-order valence-corrected chi connectivity index (χ1v) is 9.06. The molecule has 0 saturated carbocycles. The van der Waals surface area contributed by atoms with E-state index in [4.69, 9.17) is 4.42 Å². The lowest BCUT2D eigenvalue weighted by Crippen LogP contribution is -2.54. The molecule has 6 heteroatoms. The molecule has 136 valence electrons. The molecule has 0 aromatic carbocycles. The van der Waals surface area contributed by atoms with Crippen molar-refractivity contribution in [3.8, 4) is 0 Å². The predicted octanol–water partition coefficient (Wildman–Crippen LogP) is 2.57. The minimum absolute atomic E-state index is 0.0106. The molecule has 2 aliphatic rings. The van der Waals surface area contributed by atoms with E-state index in [9.17, 15) is 9.59 Å². The van der Waals surface area contributed by atoms with Crippen molar-refractivity contribution in [2.24, 2.45) is 0 Å². The minimum atomic E-state index is -0.280. The highest BCUT2D eigenvalue weighted by molar-refractivity contribution is 5.95. The maximum absolute atomic E-state index is 12.8. The van der Waals surface area contributed by atoms with Crippen LogP contribution in [0, 0.1) is 13.8 Å². The summed E-state index contributed by atoms with van der Waals surface area (Å²) in [7, 11) is 0. The maximum atomic E-state index is 12.8. The van der Waals surface area contributed by atoms with Gasteiger partial charge in [0.1, 0.15) is 11.5 Å². The van der Waals surface area contributed by atoms with E-state index >= 15 is 0 Å². The molecule has 2 aliphatic heterocycles. The van der Waals surface area contributed by atoms with E-state index in [0.717, 1.165) is 24.2 Å². The molecule has 2 saturated heterocycles. The summed E-state index contributed by atoms with van der Waals surface area (Å²) in [6, 6.07) is 5.75. The third-order valence-electron chi connectivity index (χ3n) is 5.75. The summed E-state index contributed by atoms with van der Waals surface area (Å²) in [6.07, 6.45) is 5.58. The van der Waals surface area contributed by atoms with Gasteiger partial charge >= 0.3 is 0 Å². The van der Waals surface area contributed by atoms with Gasteiger partial charge in [0, 0.05) is 37.8 Å². The maximum Gasteiger partial charge on any atom is 0.257 e. The predicted molar refractivity (Wildman–Crippen MR) is 95.8 cm³/mol. The number of nitrogens with zero attached hydrogens (tertiary/aromatic N) is 2. The van der Waals surface area contributed by atoms with Crippen molar-refractivity contribution in [2.75, 3.05) is 13.1 Å². The SMILES string of the molecule is Cc1cc(C(=O)N2CCC3(CC2)NC(=O)C[C@@H]3c2cccnc2)c(C)o1. The van der Waals surface area contributed by atoms with Crippen molar-refractivity contribution in [2.45, 2.75) is 44.6 Å². The molecule has 26 heavy (non-hydrogen) atoms. The molecule has 6 nitrogen and oxygen atoms in total. The first-order valence-electron chi connectivity index (χ1n) is 9.06. The second-order valence-corrected chi connectivity index (χ2v) is 7.37. The van der Waals surface area contributed by atoms with E-state index in [0.29, 0.717) is 30.8 Å². The van der Waals surface area contributed by atoms with Crippen LogP contribution in [0.3, 0.4) is 0 Å². The van der Waals surface area contributed by atoms with Gasteiger partial charge in [-0.1, -0.05) is 6.07 Å². The van der Waals surface area contributed by atoms with Crippen LogP contribution >= 0.6 is 0 Å². The standard InChI is InChI=1S/C20H23N3O3/c1-13-10-16(14(2)26-13)19(25)23-8-5-20(6-9-23)17(11-18(24)22-20)15-4-3-7-21-12-15/h3-4,7,10,12,17H,5-6,8-9,11H2,1-2H3,(H,22,24)/t17-/m1/s1. The number of carbonyl (C=O) groups excluding carboxylic acids is 2. The van der Waals surface area contributed by atoms with Crippen LogP contribution in [0.5, 0.6) is 0 Å². The number of amides is 2. The number of hydrogen-bond acceptors (Lipinski definition) is 4. The summed E-state index contributed by atoms with van der Waals surface area (Å²) in [5, 5.41) is 3.21. The number of carbonyl (C=O) groups is 2. The molecule has 2 fully saturated rings. The van der Waals surface area contributed by atoms with Gasteiger partial charge in [0.05, 0.1) is 11.1 Å². The van der Waals surface area contributed by atoms with Gasteiger partial charge < -0.3 is 14.6 Å². The van der Waals surface area contributed by atoms with Gasteiger partial charge in [-0.05, 0) is 44.4 Å². The third kappa shape index (κ3) is 2.79. The van der Waals surface area contributed by atoms with Crippen LogP contribution in [0.1, 0.15) is 52.6 Å². The summed E-state index contributed by atoms with van der Waals surface area (Å²) in [5.41, 5.74) is 1.45. The van der Waals surface area contributed by atoms with Crippen molar-refractivity contribution in [3.63, 3.8) is 0 Å². The van der Waals surface area contributed by atoms with E-state index in [1.54, 1.807) is 12.3 Å². The molecular weight excluding hydrogens is 330 g/mol. The fourth-order valence-corrected chi connectivity index (χ4v) is 4.41. The van der Waals surface area contributed by atoms with E-state index in [-0.39, 0.29) is 23.3 Å². The van der Waals surface area contributed by atoms with Crippen molar-refractivity contribution in [1.82, 2.24) is 15.2 Å². The molecule has 2 aromatic rings. The summed E-state index contributed by atoms with van der Waals surface area (Å²) >= 11 is 0. The lowest BCUT2D eigenvalue weighted by Gasteiger charge is -2.42. The fourth-order valence-electron chi connectivity index (χ4n) is 4.41. The summed E-state index contributed by atoms with van der Waals surface area (Å²) in [4.78, 5) is 31.1. The van der Waals surface area contributed by atoms with Gasteiger partial charge in [0.15, 0.2) is 0 Å². The molecule has 0 bridgehead atoms. The average molecular weight is 353 g/mol. The Kier molecular flexibility index (Phi) is 4.05. The Hall–Kier alpha value is -2.63. The smallest absolute Gasteiger partial charge is 0.257 e. The van der Waals surface area contributed by atoms with Crippen LogP contribution in [-0.4, -0.2) is 40.3 Å². The number of aromatic nitrogens is 1. The molecule has 2 amide bonds. The first kappa shape index (κ1) is 16.8. The minimum Gasteiger partial charge on any atom is -0.466 e. The monoisotopic (exact) mass is 353 g/mol. The van der Waals surface area contributed by atoms with Crippen molar-refractivity contribution in [1.29, 1.82) is 0 Å². The lowest BCUT2D eigenvalue weighted by molar-refractivity contribution is -0.120. The number of furan rings is 1. The number of piperidine rings is 1. The Bertz CT molecular complexity index is 835. The van der Waals surface area contributed by atoms with Crippen LogP contribution in [0.15, 0.2) is 35.0 Å². The number of rotatable bonds is 2. The molecule has 2 aromatic heterocycles. The Labute approximate surface area is 152 Å². The van der Waals surface area contributed by atoms with Crippen molar-refractivity contribution in [3.05, 3.63) is 53.2 Å². The molecule has 1 atom stereocenters. The zero-order chi connectivity index (χ0) is 18.3. The van der Waals surface area contributed by atoms with Crippen LogP contribution in [0.2, 0.25) is 0 Å². The van der Waals surface area contributed by atoms with Crippen molar-refractivity contribution >= 4 is 11.8 Å². The fraction of sp³-hybridized carbons (Fsp3) is 0.450. The van der Waals surface area contributed by atoms with Crippen LogP contribution in [-0.2, 0) is 4.79 Å². The Balaban J connectivity index is 1.52. The van der Waals surface area contributed by atoms with E-state index in [1.807, 2.05) is 37.1 Å². The number of likely N-dealkylation sites (tertiary alicyclic amines) is 1. The molecule has 4 rings (SSSR count). The number of aryl methyl sites for hydroxylation is 2. The lowest BCUT2D eigenvalue weighted by atomic mass is 9.74. The topological polar surface area (TPSA) is 75.4 Å². The molecule has 0 radical (unpaired) electrons. The summed E-state index contributed by atoms with van der Waals surface area (Å²) < 4.78 is 5.50.